The van der Waals surface area contributed by atoms with Crippen LogP contribution in [0, 0.1) is 0 Å². The van der Waals surface area contributed by atoms with E-state index in [0.29, 0.717) is 0 Å². The smallest absolute Gasteiger partial charge is 0.307 e. The van der Waals surface area contributed by atoms with Crippen molar-refractivity contribution < 1.29 is 14.7 Å². The largest absolute Gasteiger partial charge is 0.481 e. The molecule has 0 saturated heterocycles. The molecule has 0 aliphatic carbocycles. The second-order valence-corrected chi connectivity index (χ2v) is 1.64. The topological polar surface area (TPSA) is 58.9 Å². The van der Waals surface area contributed by atoms with E-state index in [1.807, 2.05) is 0 Å². The Morgan fingerprint density at radius 1 is 2.00 bits per heavy atom. The first kappa shape index (κ1) is 7.94. The molecule has 0 aromatic rings. The fourth-order valence-electron chi connectivity index (χ4n) is 0.410. The molecule has 0 aromatic heterocycles. The van der Waals surface area contributed by atoms with Gasteiger partial charge >= 0.3 is 5.97 Å². The molecule has 0 fully saturated rings. The molecular weight excluding hydrogens is 122 g/mol. The van der Waals surface area contributed by atoms with Crippen molar-refractivity contribution in [2.75, 3.05) is 0 Å². The van der Waals surface area contributed by atoms with Crippen LogP contribution < -0.4 is 0 Å². The zero-order valence-corrected chi connectivity index (χ0v) is 5.20. The molecule has 0 saturated carbocycles. The van der Waals surface area contributed by atoms with Gasteiger partial charge in [-0.15, -0.1) is 5.16 Å². The van der Waals surface area contributed by atoms with E-state index in [4.69, 9.17) is 5.11 Å². The summed E-state index contributed by atoms with van der Waals surface area (Å²) in [4.78, 5) is 14.4. The lowest BCUT2D eigenvalue weighted by Crippen LogP contribution is -2.10. The zero-order valence-electron chi connectivity index (χ0n) is 5.20. The number of oxime groups is 1. The minimum absolute atomic E-state index is 0.0426. The molecule has 0 aliphatic heterocycles. The van der Waals surface area contributed by atoms with Gasteiger partial charge in [0.1, 0.15) is 6.10 Å². The minimum atomic E-state index is -0.897. The molecule has 0 heterocycles. The van der Waals surface area contributed by atoms with Crippen molar-refractivity contribution in [1.29, 1.82) is 0 Å². The standard InChI is InChI=1S/C5H9NO3/c1-4(9-6-2)3-5(7)8/h4H,2-3H2,1H3,(H,7,8). The van der Waals surface area contributed by atoms with Crippen LogP contribution in [0.3, 0.4) is 0 Å². The molecule has 0 spiro atoms. The Kier molecular flexibility index (Phi) is 3.43. The number of carboxylic acids is 1. The van der Waals surface area contributed by atoms with E-state index in [0.717, 1.165) is 0 Å². The second kappa shape index (κ2) is 3.88. The Hall–Kier alpha value is -1.06. The van der Waals surface area contributed by atoms with Crippen molar-refractivity contribution >= 4 is 12.7 Å². The van der Waals surface area contributed by atoms with Crippen molar-refractivity contribution in [3.63, 3.8) is 0 Å². The molecule has 1 N–H and O–H groups in total. The average Bonchev–Trinajstić information content (AvgIpc) is 1.63. The molecule has 1 unspecified atom stereocenters. The van der Waals surface area contributed by atoms with Crippen LogP contribution in [0.1, 0.15) is 13.3 Å². The van der Waals surface area contributed by atoms with Gasteiger partial charge in [-0.05, 0) is 6.92 Å². The molecule has 0 aromatic carbocycles. The Bertz CT molecular complexity index is 113. The van der Waals surface area contributed by atoms with E-state index in [1.54, 1.807) is 6.92 Å². The van der Waals surface area contributed by atoms with E-state index in [9.17, 15) is 4.79 Å². The Balaban J connectivity index is 3.37. The Morgan fingerprint density at radius 3 is 2.89 bits per heavy atom. The van der Waals surface area contributed by atoms with Gasteiger partial charge in [0, 0.05) is 6.72 Å². The maximum atomic E-state index is 9.94. The number of aliphatic carboxylic acids is 1. The first-order valence-electron chi connectivity index (χ1n) is 2.50. The second-order valence-electron chi connectivity index (χ2n) is 1.64. The minimum Gasteiger partial charge on any atom is -0.481 e. The highest BCUT2D eigenvalue weighted by molar-refractivity contribution is 5.67. The van der Waals surface area contributed by atoms with Gasteiger partial charge in [-0.3, -0.25) is 4.79 Å². The number of carboxylic acid groups (broad SMARTS) is 1. The molecule has 0 bridgehead atoms. The van der Waals surface area contributed by atoms with E-state index < -0.39 is 5.97 Å². The molecule has 4 nitrogen and oxygen atoms in total. The number of rotatable bonds is 4. The van der Waals surface area contributed by atoms with E-state index in [2.05, 4.69) is 16.7 Å². The van der Waals surface area contributed by atoms with Gasteiger partial charge in [-0.1, -0.05) is 0 Å². The van der Waals surface area contributed by atoms with Crippen LogP contribution in [0.2, 0.25) is 0 Å². The summed E-state index contributed by atoms with van der Waals surface area (Å²) in [6, 6.07) is 0. The highest BCUT2D eigenvalue weighted by Crippen LogP contribution is 1.95. The molecule has 52 valence electrons. The predicted molar refractivity (Wildman–Crippen MR) is 32.3 cm³/mol. The summed E-state index contributed by atoms with van der Waals surface area (Å²) in [6.07, 6.45) is -0.432. The van der Waals surface area contributed by atoms with Crippen molar-refractivity contribution in [1.82, 2.24) is 0 Å². The quantitative estimate of drug-likeness (QED) is 0.446. The van der Waals surface area contributed by atoms with Crippen LogP contribution in [0.5, 0.6) is 0 Å². The molecular formula is C5H9NO3. The van der Waals surface area contributed by atoms with Crippen LogP contribution in [0.4, 0.5) is 0 Å². The van der Waals surface area contributed by atoms with Crippen molar-refractivity contribution in [3.8, 4) is 0 Å². The zero-order chi connectivity index (χ0) is 7.28. The first-order valence-corrected chi connectivity index (χ1v) is 2.50. The van der Waals surface area contributed by atoms with Crippen LogP contribution in [0.15, 0.2) is 5.16 Å². The molecule has 0 aliphatic rings. The van der Waals surface area contributed by atoms with Gasteiger partial charge in [0.2, 0.25) is 0 Å². The van der Waals surface area contributed by atoms with Crippen LogP contribution in [-0.4, -0.2) is 23.9 Å². The monoisotopic (exact) mass is 131 g/mol. The summed E-state index contributed by atoms with van der Waals surface area (Å²) in [6.45, 7) is 4.66. The average molecular weight is 131 g/mol. The van der Waals surface area contributed by atoms with Gasteiger partial charge in [-0.25, -0.2) is 0 Å². The maximum absolute atomic E-state index is 9.94. The number of nitrogens with zero attached hydrogens (tertiary/aromatic N) is 1. The summed E-state index contributed by atoms with van der Waals surface area (Å²) in [5, 5.41) is 11.2. The number of hydrogen-bond acceptors (Lipinski definition) is 3. The first-order chi connectivity index (χ1) is 4.16. The lowest BCUT2D eigenvalue weighted by atomic mass is 10.3. The van der Waals surface area contributed by atoms with Gasteiger partial charge in [0.15, 0.2) is 0 Å². The third kappa shape index (κ3) is 4.80. The highest BCUT2D eigenvalue weighted by Gasteiger charge is 2.06. The van der Waals surface area contributed by atoms with Crippen LogP contribution in [-0.2, 0) is 9.63 Å². The molecule has 4 heteroatoms. The van der Waals surface area contributed by atoms with Gasteiger partial charge < -0.3 is 9.94 Å². The van der Waals surface area contributed by atoms with Crippen molar-refractivity contribution in [3.05, 3.63) is 0 Å². The highest BCUT2D eigenvalue weighted by atomic mass is 16.6. The molecule has 0 radical (unpaired) electrons. The number of carbonyl (C=O) groups is 1. The Morgan fingerprint density at radius 2 is 2.56 bits per heavy atom. The summed E-state index contributed by atoms with van der Waals surface area (Å²) >= 11 is 0. The van der Waals surface area contributed by atoms with Crippen molar-refractivity contribution in [2.45, 2.75) is 19.4 Å². The fraction of sp³-hybridized carbons (Fsp3) is 0.600. The van der Waals surface area contributed by atoms with E-state index in [1.165, 1.54) is 0 Å². The SMILES string of the molecule is C=NOC(C)CC(=O)O. The Labute approximate surface area is 53.1 Å². The summed E-state index contributed by atoms with van der Waals surface area (Å²) in [5.74, 6) is -0.897. The molecule has 9 heavy (non-hydrogen) atoms. The lowest BCUT2D eigenvalue weighted by Gasteiger charge is -2.03. The third-order valence-electron chi connectivity index (χ3n) is 0.717. The van der Waals surface area contributed by atoms with E-state index in [-0.39, 0.29) is 12.5 Å². The molecule has 0 rings (SSSR count). The summed E-state index contributed by atoms with van der Waals surface area (Å²) in [7, 11) is 0. The maximum Gasteiger partial charge on any atom is 0.307 e. The van der Waals surface area contributed by atoms with E-state index >= 15 is 0 Å². The van der Waals surface area contributed by atoms with Crippen LogP contribution in [0.25, 0.3) is 0 Å². The van der Waals surface area contributed by atoms with Crippen LogP contribution >= 0.6 is 0 Å². The normalized spacial score (nSPS) is 12.1. The fourth-order valence-corrected chi connectivity index (χ4v) is 0.410. The molecule has 0 amide bonds. The van der Waals surface area contributed by atoms with Gasteiger partial charge in [-0.2, -0.15) is 0 Å². The summed E-state index contributed by atoms with van der Waals surface area (Å²) < 4.78 is 0. The summed E-state index contributed by atoms with van der Waals surface area (Å²) in [5.41, 5.74) is 0. The number of hydrogen-bond donors (Lipinski definition) is 1. The van der Waals surface area contributed by atoms with Gasteiger partial charge in [0.25, 0.3) is 0 Å². The third-order valence-corrected chi connectivity index (χ3v) is 0.717. The lowest BCUT2D eigenvalue weighted by molar-refractivity contribution is -0.139. The van der Waals surface area contributed by atoms with Gasteiger partial charge in [0.05, 0.1) is 6.42 Å². The predicted octanol–water partition coefficient (Wildman–Crippen LogP) is 0.482. The van der Waals surface area contributed by atoms with Crippen molar-refractivity contribution in [2.24, 2.45) is 5.16 Å². The molecule has 1 atom stereocenters.